The Morgan fingerprint density at radius 3 is 2.83 bits per heavy atom. The van der Waals surface area contributed by atoms with E-state index in [2.05, 4.69) is 24.3 Å². The lowest BCUT2D eigenvalue weighted by Gasteiger charge is -2.32. The highest BCUT2D eigenvalue weighted by Crippen LogP contribution is 2.21. The zero-order valence-corrected chi connectivity index (χ0v) is 14.9. The van der Waals surface area contributed by atoms with Crippen LogP contribution in [-0.4, -0.2) is 46.5 Å². The molecule has 0 radical (unpaired) electrons. The monoisotopic (exact) mass is 322 g/mol. The highest BCUT2D eigenvalue weighted by atomic mass is 16.5. The number of anilines is 1. The van der Waals surface area contributed by atoms with Crippen molar-refractivity contribution in [2.24, 2.45) is 0 Å². The van der Waals surface area contributed by atoms with Crippen molar-refractivity contribution < 1.29 is 9.53 Å². The number of aromatic nitrogens is 2. The Bertz CT molecular complexity index is 527. The Labute approximate surface area is 139 Å². The van der Waals surface area contributed by atoms with Crippen LogP contribution in [0.3, 0.4) is 0 Å². The van der Waals surface area contributed by atoms with Gasteiger partial charge in [0.25, 0.3) is 0 Å². The molecule has 2 heterocycles. The van der Waals surface area contributed by atoms with Crippen molar-refractivity contribution in [1.29, 1.82) is 0 Å². The summed E-state index contributed by atoms with van der Waals surface area (Å²) in [5, 5.41) is 7.56. The first-order valence-corrected chi connectivity index (χ1v) is 8.78. The topological polar surface area (TPSA) is 59.4 Å². The molecule has 1 atom stereocenters. The molecule has 1 aromatic rings. The van der Waals surface area contributed by atoms with Gasteiger partial charge in [-0.1, -0.05) is 13.8 Å². The molecule has 0 aliphatic carbocycles. The second-order valence-corrected chi connectivity index (χ2v) is 6.28. The molecule has 1 fully saturated rings. The fourth-order valence-electron chi connectivity index (χ4n) is 3.04. The molecular weight excluding hydrogens is 292 g/mol. The van der Waals surface area contributed by atoms with E-state index in [-0.39, 0.29) is 12.1 Å². The van der Waals surface area contributed by atoms with E-state index in [4.69, 9.17) is 4.74 Å². The van der Waals surface area contributed by atoms with E-state index in [1.54, 1.807) is 0 Å². The van der Waals surface area contributed by atoms with Crippen LogP contribution < -0.4 is 5.32 Å². The van der Waals surface area contributed by atoms with Gasteiger partial charge in [0, 0.05) is 26.2 Å². The first-order valence-electron chi connectivity index (χ1n) is 8.78. The van der Waals surface area contributed by atoms with Crippen molar-refractivity contribution >= 4 is 11.7 Å². The summed E-state index contributed by atoms with van der Waals surface area (Å²) in [6.45, 7) is 11.3. The SMILES string of the molecule is CCCO[C@@H]1CCCN(C(=O)Nc2c(C)nn(CCC)c2C)C1. The average molecular weight is 322 g/mol. The van der Waals surface area contributed by atoms with Crippen molar-refractivity contribution in [3.8, 4) is 0 Å². The summed E-state index contributed by atoms with van der Waals surface area (Å²) in [6.07, 6.45) is 4.24. The van der Waals surface area contributed by atoms with Crippen LogP contribution in [0.2, 0.25) is 0 Å². The molecule has 0 bridgehead atoms. The van der Waals surface area contributed by atoms with Crippen molar-refractivity contribution in [3.63, 3.8) is 0 Å². The number of carbonyl (C=O) groups excluding carboxylic acids is 1. The van der Waals surface area contributed by atoms with Crippen molar-refractivity contribution in [2.45, 2.75) is 66.0 Å². The Morgan fingerprint density at radius 1 is 1.35 bits per heavy atom. The molecule has 0 saturated carbocycles. The third kappa shape index (κ3) is 4.47. The van der Waals surface area contributed by atoms with E-state index in [1.165, 1.54) is 0 Å². The quantitative estimate of drug-likeness (QED) is 0.874. The van der Waals surface area contributed by atoms with E-state index < -0.39 is 0 Å². The molecule has 2 rings (SSSR count). The lowest BCUT2D eigenvalue weighted by atomic mass is 10.1. The van der Waals surface area contributed by atoms with Gasteiger partial charge in [-0.25, -0.2) is 4.79 Å². The maximum Gasteiger partial charge on any atom is 0.322 e. The minimum absolute atomic E-state index is 0.0444. The smallest absolute Gasteiger partial charge is 0.322 e. The van der Waals surface area contributed by atoms with Crippen LogP contribution in [0.15, 0.2) is 0 Å². The van der Waals surface area contributed by atoms with E-state index in [9.17, 15) is 4.79 Å². The third-order valence-electron chi connectivity index (χ3n) is 4.27. The van der Waals surface area contributed by atoms with Gasteiger partial charge in [-0.2, -0.15) is 5.10 Å². The third-order valence-corrected chi connectivity index (χ3v) is 4.27. The number of nitrogens with one attached hydrogen (secondary N) is 1. The molecule has 0 spiro atoms. The summed E-state index contributed by atoms with van der Waals surface area (Å²) in [7, 11) is 0. The first-order chi connectivity index (χ1) is 11.1. The molecule has 0 unspecified atom stereocenters. The van der Waals surface area contributed by atoms with Crippen LogP contribution in [0.5, 0.6) is 0 Å². The number of carbonyl (C=O) groups is 1. The van der Waals surface area contributed by atoms with Gasteiger partial charge in [0.15, 0.2) is 0 Å². The molecular formula is C17H30N4O2. The van der Waals surface area contributed by atoms with Gasteiger partial charge in [0.1, 0.15) is 0 Å². The number of hydrogen-bond donors (Lipinski definition) is 1. The number of piperidine rings is 1. The number of amides is 2. The van der Waals surface area contributed by atoms with E-state index >= 15 is 0 Å². The van der Waals surface area contributed by atoms with Crippen LogP contribution >= 0.6 is 0 Å². The number of ether oxygens (including phenoxy) is 1. The van der Waals surface area contributed by atoms with E-state index in [0.717, 1.165) is 62.5 Å². The van der Waals surface area contributed by atoms with Gasteiger partial charge < -0.3 is 15.0 Å². The minimum atomic E-state index is -0.0444. The molecule has 1 aliphatic rings. The number of likely N-dealkylation sites (tertiary alicyclic amines) is 1. The number of urea groups is 1. The second-order valence-electron chi connectivity index (χ2n) is 6.28. The Morgan fingerprint density at radius 2 is 2.13 bits per heavy atom. The maximum atomic E-state index is 12.6. The largest absolute Gasteiger partial charge is 0.376 e. The van der Waals surface area contributed by atoms with Gasteiger partial charge in [-0.05, 0) is 39.5 Å². The summed E-state index contributed by atoms with van der Waals surface area (Å²) in [6, 6.07) is -0.0444. The summed E-state index contributed by atoms with van der Waals surface area (Å²) in [4.78, 5) is 14.4. The Kier molecular flexibility index (Phi) is 6.45. The molecule has 130 valence electrons. The zero-order chi connectivity index (χ0) is 16.8. The zero-order valence-electron chi connectivity index (χ0n) is 14.9. The predicted molar refractivity (Wildman–Crippen MR) is 91.8 cm³/mol. The number of nitrogens with zero attached hydrogens (tertiary/aromatic N) is 3. The molecule has 0 aromatic carbocycles. The van der Waals surface area contributed by atoms with Crippen LogP contribution in [0, 0.1) is 13.8 Å². The van der Waals surface area contributed by atoms with Crippen LogP contribution in [0.25, 0.3) is 0 Å². The molecule has 1 aromatic heterocycles. The Hall–Kier alpha value is -1.56. The lowest BCUT2D eigenvalue weighted by molar-refractivity contribution is 0.0115. The highest BCUT2D eigenvalue weighted by Gasteiger charge is 2.25. The first kappa shape index (κ1) is 17.8. The lowest BCUT2D eigenvalue weighted by Crippen LogP contribution is -2.45. The van der Waals surface area contributed by atoms with Crippen LogP contribution in [0.4, 0.5) is 10.5 Å². The summed E-state index contributed by atoms with van der Waals surface area (Å²) in [5.74, 6) is 0. The minimum Gasteiger partial charge on any atom is -0.376 e. The summed E-state index contributed by atoms with van der Waals surface area (Å²) in [5.41, 5.74) is 2.74. The number of rotatable bonds is 6. The number of hydrogen-bond acceptors (Lipinski definition) is 3. The predicted octanol–water partition coefficient (Wildman–Crippen LogP) is 3.33. The second kappa shape index (κ2) is 8.34. The molecule has 1 N–H and O–H groups in total. The fraction of sp³-hybridized carbons (Fsp3) is 0.765. The Balaban J connectivity index is 1.98. The van der Waals surface area contributed by atoms with Gasteiger partial charge in [-0.15, -0.1) is 0 Å². The fourth-order valence-corrected chi connectivity index (χ4v) is 3.04. The van der Waals surface area contributed by atoms with Crippen molar-refractivity contribution in [2.75, 3.05) is 25.0 Å². The molecule has 2 amide bonds. The number of aryl methyl sites for hydroxylation is 2. The van der Waals surface area contributed by atoms with E-state index in [0.29, 0.717) is 6.54 Å². The molecule has 6 heteroatoms. The molecule has 6 nitrogen and oxygen atoms in total. The highest BCUT2D eigenvalue weighted by molar-refractivity contribution is 5.90. The van der Waals surface area contributed by atoms with Crippen molar-refractivity contribution in [3.05, 3.63) is 11.4 Å². The molecule has 1 saturated heterocycles. The van der Waals surface area contributed by atoms with Gasteiger partial charge >= 0.3 is 6.03 Å². The van der Waals surface area contributed by atoms with Crippen molar-refractivity contribution in [1.82, 2.24) is 14.7 Å². The average Bonchev–Trinajstić information content (AvgIpc) is 2.81. The van der Waals surface area contributed by atoms with E-state index in [1.807, 2.05) is 23.4 Å². The molecule has 23 heavy (non-hydrogen) atoms. The maximum absolute atomic E-state index is 12.6. The van der Waals surface area contributed by atoms with Gasteiger partial charge in [-0.3, -0.25) is 4.68 Å². The van der Waals surface area contributed by atoms with Gasteiger partial charge in [0.05, 0.1) is 23.2 Å². The van der Waals surface area contributed by atoms with Crippen LogP contribution in [0.1, 0.15) is 50.9 Å². The molecule has 1 aliphatic heterocycles. The van der Waals surface area contributed by atoms with Gasteiger partial charge in [0.2, 0.25) is 0 Å². The normalized spacial score (nSPS) is 18.3. The summed E-state index contributed by atoms with van der Waals surface area (Å²) >= 11 is 0. The summed E-state index contributed by atoms with van der Waals surface area (Å²) < 4.78 is 7.77. The standard InChI is InChI=1S/C17H30N4O2/c1-5-9-21-14(4)16(13(3)19-21)18-17(22)20-10-7-8-15(12-20)23-11-6-2/h15H,5-12H2,1-4H3,(H,18,22)/t15-/m1/s1. The van der Waals surface area contributed by atoms with Crippen LogP contribution in [-0.2, 0) is 11.3 Å².